The minimum absolute atomic E-state index is 0.396. The molecule has 0 bridgehead atoms. The van der Waals surface area contributed by atoms with Gasteiger partial charge in [-0.2, -0.15) is 0 Å². The molecule has 0 aromatic heterocycles. The first-order chi connectivity index (χ1) is 8.97. The first-order valence-corrected chi connectivity index (χ1v) is 6.41. The van der Waals surface area contributed by atoms with E-state index in [1.165, 1.54) is 0 Å². The van der Waals surface area contributed by atoms with Gasteiger partial charge in [0.1, 0.15) is 0 Å². The Morgan fingerprint density at radius 3 is 2.32 bits per heavy atom. The zero-order valence-electron chi connectivity index (χ0n) is 12.1. The second kappa shape index (κ2) is 7.09. The fourth-order valence-corrected chi connectivity index (χ4v) is 1.90. The van der Waals surface area contributed by atoms with E-state index in [2.05, 4.69) is 19.2 Å². The number of benzene rings is 1. The van der Waals surface area contributed by atoms with E-state index in [4.69, 9.17) is 15.2 Å². The number of anilines is 2. The van der Waals surface area contributed by atoms with Crippen molar-refractivity contribution in [3.63, 3.8) is 0 Å². The summed E-state index contributed by atoms with van der Waals surface area (Å²) in [5.74, 6) is 1.66. The van der Waals surface area contributed by atoms with Crippen LogP contribution in [0.4, 0.5) is 11.4 Å². The monoisotopic (exact) mass is 268 g/mol. The minimum Gasteiger partial charge on any atom is -0.493 e. The first kappa shape index (κ1) is 15.4. The Kier molecular flexibility index (Phi) is 5.76. The molecule has 1 unspecified atom stereocenters. The summed E-state index contributed by atoms with van der Waals surface area (Å²) >= 11 is 0. The van der Waals surface area contributed by atoms with E-state index in [0.717, 1.165) is 12.1 Å². The Labute approximate surface area is 114 Å². The van der Waals surface area contributed by atoms with Gasteiger partial charge in [-0.1, -0.05) is 13.8 Å². The largest absolute Gasteiger partial charge is 0.493 e. The molecule has 0 saturated carbocycles. The number of hydrogen-bond acceptors (Lipinski definition) is 5. The highest BCUT2D eigenvalue weighted by Gasteiger charge is 2.11. The van der Waals surface area contributed by atoms with Gasteiger partial charge in [-0.25, -0.2) is 0 Å². The molecule has 1 rings (SSSR count). The molecule has 4 N–H and O–H groups in total. The van der Waals surface area contributed by atoms with Crippen LogP contribution in [0.1, 0.15) is 20.3 Å². The quantitative estimate of drug-likeness (QED) is 0.660. The van der Waals surface area contributed by atoms with E-state index in [9.17, 15) is 5.11 Å². The van der Waals surface area contributed by atoms with Crippen LogP contribution in [0.2, 0.25) is 0 Å². The van der Waals surface area contributed by atoms with Crippen molar-refractivity contribution in [2.75, 3.05) is 31.8 Å². The molecule has 0 amide bonds. The third kappa shape index (κ3) is 4.52. The zero-order chi connectivity index (χ0) is 14.4. The average molecular weight is 268 g/mol. The Morgan fingerprint density at radius 1 is 1.21 bits per heavy atom. The predicted molar refractivity (Wildman–Crippen MR) is 77.9 cm³/mol. The summed E-state index contributed by atoms with van der Waals surface area (Å²) < 4.78 is 10.4. The molecule has 1 atom stereocenters. The summed E-state index contributed by atoms with van der Waals surface area (Å²) in [6, 6.07) is 3.48. The van der Waals surface area contributed by atoms with Gasteiger partial charge in [0.25, 0.3) is 0 Å². The predicted octanol–water partition coefficient (Wildman–Crippen LogP) is 2.10. The number of aliphatic hydroxyl groups excluding tert-OH is 1. The fraction of sp³-hybridized carbons (Fsp3) is 0.571. The summed E-state index contributed by atoms with van der Waals surface area (Å²) in [6.45, 7) is 4.61. The van der Waals surface area contributed by atoms with E-state index in [1.54, 1.807) is 26.4 Å². The number of nitrogens with one attached hydrogen (secondary N) is 1. The molecule has 0 saturated heterocycles. The number of ether oxygens (including phenoxy) is 2. The maximum atomic E-state index is 9.84. The van der Waals surface area contributed by atoms with E-state index in [0.29, 0.717) is 29.6 Å². The molecule has 0 aliphatic carbocycles. The summed E-state index contributed by atoms with van der Waals surface area (Å²) in [5.41, 5.74) is 7.23. The Balaban J connectivity index is 2.73. The topological polar surface area (TPSA) is 76.7 Å². The zero-order valence-corrected chi connectivity index (χ0v) is 12.1. The molecule has 19 heavy (non-hydrogen) atoms. The van der Waals surface area contributed by atoms with Crippen LogP contribution in [0.25, 0.3) is 0 Å². The van der Waals surface area contributed by atoms with Gasteiger partial charge < -0.3 is 25.6 Å². The molecular formula is C14H24N2O3. The maximum absolute atomic E-state index is 9.84. The molecule has 5 heteroatoms. The second-order valence-electron chi connectivity index (χ2n) is 4.96. The molecule has 0 heterocycles. The molecule has 0 aliphatic rings. The van der Waals surface area contributed by atoms with Crippen molar-refractivity contribution in [3.05, 3.63) is 12.1 Å². The first-order valence-electron chi connectivity index (χ1n) is 6.41. The highest BCUT2D eigenvalue weighted by molar-refractivity contribution is 5.72. The van der Waals surface area contributed by atoms with Crippen LogP contribution in [0.15, 0.2) is 12.1 Å². The SMILES string of the molecule is COc1cc(N)c(NCC(O)CC(C)C)cc1OC. The van der Waals surface area contributed by atoms with Gasteiger partial charge in [0.15, 0.2) is 11.5 Å². The van der Waals surface area contributed by atoms with Gasteiger partial charge in [0.05, 0.1) is 31.7 Å². The number of methoxy groups -OCH3 is 2. The minimum atomic E-state index is -0.396. The number of nitrogen functional groups attached to an aromatic ring is 1. The number of nitrogens with two attached hydrogens (primary N) is 1. The van der Waals surface area contributed by atoms with Crippen molar-refractivity contribution in [1.29, 1.82) is 0 Å². The second-order valence-corrected chi connectivity index (χ2v) is 4.96. The van der Waals surface area contributed by atoms with Crippen molar-refractivity contribution in [3.8, 4) is 11.5 Å². The number of hydrogen-bond donors (Lipinski definition) is 3. The van der Waals surface area contributed by atoms with E-state index in [1.807, 2.05) is 0 Å². The summed E-state index contributed by atoms with van der Waals surface area (Å²) in [5, 5.41) is 13.0. The third-order valence-electron chi connectivity index (χ3n) is 2.83. The lowest BCUT2D eigenvalue weighted by molar-refractivity contribution is 0.161. The van der Waals surface area contributed by atoms with Crippen molar-refractivity contribution < 1.29 is 14.6 Å². The lowest BCUT2D eigenvalue weighted by atomic mass is 10.1. The summed E-state index contributed by atoms with van der Waals surface area (Å²) in [4.78, 5) is 0. The molecule has 5 nitrogen and oxygen atoms in total. The van der Waals surface area contributed by atoms with Crippen molar-refractivity contribution >= 4 is 11.4 Å². The smallest absolute Gasteiger partial charge is 0.162 e. The van der Waals surface area contributed by atoms with Gasteiger partial charge in [0, 0.05) is 18.7 Å². The standard InChI is InChI=1S/C14H24N2O3/c1-9(2)5-10(17)8-16-12-7-14(19-4)13(18-3)6-11(12)15/h6-7,9-10,16-17H,5,8,15H2,1-4H3. The fourth-order valence-electron chi connectivity index (χ4n) is 1.90. The molecule has 0 radical (unpaired) electrons. The van der Waals surface area contributed by atoms with Gasteiger partial charge >= 0.3 is 0 Å². The molecule has 1 aromatic rings. The van der Waals surface area contributed by atoms with Crippen LogP contribution in [-0.2, 0) is 0 Å². The van der Waals surface area contributed by atoms with Crippen molar-refractivity contribution in [1.82, 2.24) is 0 Å². The van der Waals surface area contributed by atoms with Crippen LogP contribution >= 0.6 is 0 Å². The lowest BCUT2D eigenvalue weighted by Gasteiger charge is -2.17. The van der Waals surface area contributed by atoms with Crippen LogP contribution in [-0.4, -0.2) is 32.0 Å². The van der Waals surface area contributed by atoms with Gasteiger partial charge in [-0.3, -0.25) is 0 Å². The van der Waals surface area contributed by atoms with Crippen molar-refractivity contribution in [2.24, 2.45) is 5.92 Å². The average Bonchev–Trinajstić information content (AvgIpc) is 2.36. The molecule has 108 valence electrons. The third-order valence-corrected chi connectivity index (χ3v) is 2.83. The molecule has 0 aliphatic heterocycles. The Morgan fingerprint density at radius 2 is 1.79 bits per heavy atom. The van der Waals surface area contributed by atoms with E-state index >= 15 is 0 Å². The Hall–Kier alpha value is -1.62. The number of aliphatic hydroxyl groups is 1. The molecule has 0 spiro atoms. The maximum Gasteiger partial charge on any atom is 0.162 e. The van der Waals surface area contributed by atoms with E-state index in [-0.39, 0.29) is 0 Å². The van der Waals surface area contributed by atoms with Gasteiger partial charge in [0.2, 0.25) is 0 Å². The number of rotatable bonds is 7. The van der Waals surface area contributed by atoms with Crippen molar-refractivity contribution in [2.45, 2.75) is 26.4 Å². The van der Waals surface area contributed by atoms with Crippen LogP contribution in [0.3, 0.4) is 0 Å². The molecule has 1 aromatic carbocycles. The molecule has 0 fully saturated rings. The Bertz CT molecular complexity index is 408. The van der Waals surface area contributed by atoms with Gasteiger partial charge in [-0.05, 0) is 12.3 Å². The van der Waals surface area contributed by atoms with Crippen LogP contribution < -0.4 is 20.5 Å². The molecular weight excluding hydrogens is 244 g/mol. The lowest BCUT2D eigenvalue weighted by Crippen LogP contribution is -2.21. The van der Waals surface area contributed by atoms with Crippen LogP contribution in [0, 0.1) is 5.92 Å². The summed E-state index contributed by atoms with van der Waals surface area (Å²) in [7, 11) is 3.14. The normalized spacial score (nSPS) is 12.3. The summed E-state index contributed by atoms with van der Waals surface area (Å²) in [6.07, 6.45) is 0.354. The van der Waals surface area contributed by atoms with E-state index < -0.39 is 6.10 Å². The highest BCUT2D eigenvalue weighted by Crippen LogP contribution is 2.34. The van der Waals surface area contributed by atoms with Gasteiger partial charge in [-0.15, -0.1) is 0 Å². The van der Waals surface area contributed by atoms with Crippen LogP contribution in [0.5, 0.6) is 11.5 Å². The highest BCUT2D eigenvalue weighted by atomic mass is 16.5.